The van der Waals surface area contributed by atoms with Crippen LogP contribution in [0.25, 0.3) is 0 Å². The van der Waals surface area contributed by atoms with E-state index in [-0.39, 0.29) is 12.5 Å². The van der Waals surface area contributed by atoms with Crippen molar-refractivity contribution in [3.8, 4) is 11.5 Å². The van der Waals surface area contributed by atoms with Crippen molar-refractivity contribution in [3.63, 3.8) is 0 Å². The van der Waals surface area contributed by atoms with E-state index in [1.54, 1.807) is 25.3 Å². The van der Waals surface area contributed by atoms with Gasteiger partial charge in [-0.2, -0.15) is 0 Å². The number of hydrogen-bond donors (Lipinski definition) is 3. The number of hydrazine groups is 1. The molecule has 0 radical (unpaired) electrons. The van der Waals surface area contributed by atoms with E-state index in [1.165, 1.54) is 0 Å². The Morgan fingerprint density at radius 3 is 2.75 bits per heavy atom. The van der Waals surface area contributed by atoms with Crippen LogP contribution in [-0.4, -0.2) is 24.7 Å². The molecule has 0 aliphatic heterocycles. The van der Waals surface area contributed by atoms with Gasteiger partial charge in [-0.1, -0.05) is 6.07 Å². The van der Waals surface area contributed by atoms with Crippen LogP contribution in [0.1, 0.15) is 31.2 Å². The number of methoxy groups -OCH3 is 1. The molecule has 0 aliphatic rings. The van der Waals surface area contributed by atoms with Crippen LogP contribution in [0.2, 0.25) is 0 Å². The Morgan fingerprint density at radius 2 is 2.10 bits per heavy atom. The highest BCUT2D eigenvalue weighted by Crippen LogP contribution is 2.28. The fourth-order valence-electron chi connectivity index (χ4n) is 1.75. The number of unbranched alkanes of at least 4 members (excludes halogenated alkanes) is 2. The molecular formula is C14H22N2O4. The number of rotatable bonds is 9. The minimum atomic E-state index is -0.146. The lowest BCUT2D eigenvalue weighted by Crippen LogP contribution is -2.29. The van der Waals surface area contributed by atoms with Crippen LogP contribution in [0, 0.1) is 0 Å². The summed E-state index contributed by atoms with van der Waals surface area (Å²) < 4.78 is 10.8. The van der Waals surface area contributed by atoms with E-state index in [0.717, 1.165) is 24.8 Å². The van der Waals surface area contributed by atoms with Gasteiger partial charge in [0.2, 0.25) is 5.91 Å². The van der Waals surface area contributed by atoms with Crippen LogP contribution in [0.3, 0.4) is 0 Å². The zero-order chi connectivity index (χ0) is 14.8. The Balaban J connectivity index is 2.29. The first-order chi connectivity index (χ1) is 9.71. The summed E-state index contributed by atoms with van der Waals surface area (Å²) in [5, 5.41) is 9.05. The van der Waals surface area contributed by atoms with Crippen molar-refractivity contribution in [2.45, 2.75) is 32.3 Å². The van der Waals surface area contributed by atoms with Crippen LogP contribution in [0.4, 0.5) is 0 Å². The summed E-state index contributed by atoms with van der Waals surface area (Å²) >= 11 is 0. The molecule has 1 rings (SSSR count). The fourth-order valence-corrected chi connectivity index (χ4v) is 1.75. The molecule has 4 N–H and O–H groups in total. The molecule has 1 aromatic carbocycles. The standard InChI is InChI=1S/C14H22N2O4/c1-19-13-9-11(10-17)6-7-12(13)20-8-4-2-3-5-14(18)16-15/h6-7,9,17H,2-5,8,10,15H2,1H3,(H,16,18). The molecule has 0 bridgehead atoms. The molecule has 0 aliphatic carbocycles. The highest BCUT2D eigenvalue weighted by atomic mass is 16.5. The van der Waals surface area contributed by atoms with Gasteiger partial charge in [-0.15, -0.1) is 0 Å². The Hall–Kier alpha value is -1.79. The number of nitrogens with one attached hydrogen (secondary N) is 1. The van der Waals surface area contributed by atoms with E-state index in [9.17, 15) is 4.79 Å². The van der Waals surface area contributed by atoms with Gasteiger partial charge in [0.25, 0.3) is 0 Å². The molecule has 0 saturated heterocycles. The predicted molar refractivity (Wildman–Crippen MR) is 75.2 cm³/mol. The van der Waals surface area contributed by atoms with E-state index in [1.807, 2.05) is 0 Å². The van der Waals surface area contributed by atoms with Gasteiger partial charge in [0.15, 0.2) is 11.5 Å². The molecule has 0 heterocycles. The van der Waals surface area contributed by atoms with Crippen molar-refractivity contribution in [2.24, 2.45) is 5.84 Å². The molecule has 1 aromatic rings. The summed E-state index contributed by atoms with van der Waals surface area (Å²) in [5.41, 5.74) is 2.88. The number of amides is 1. The Morgan fingerprint density at radius 1 is 1.30 bits per heavy atom. The van der Waals surface area contributed by atoms with Crippen LogP contribution < -0.4 is 20.7 Å². The molecule has 112 valence electrons. The number of aliphatic hydroxyl groups is 1. The van der Waals surface area contributed by atoms with Crippen LogP contribution >= 0.6 is 0 Å². The van der Waals surface area contributed by atoms with E-state index >= 15 is 0 Å². The summed E-state index contributed by atoms with van der Waals surface area (Å²) in [6, 6.07) is 5.33. The minimum Gasteiger partial charge on any atom is -0.493 e. The largest absolute Gasteiger partial charge is 0.493 e. The van der Waals surface area contributed by atoms with Crippen molar-refractivity contribution in [2.75, 3.05) is 13.7 Å². The smallest absolute Gasteiger partial charge is 0.233 e. The van der Waals surface area contributed by atoms with Gasteiger partial charge < -0.3 is 14.6 Å². The summed E-state index contributed by atoms with van der Waals surface area (Å²) in [6.45, 7) is 0.527. The molecule has 6 nitrogen and oxygen atoms in total. The lowest BCUT2D eigenvalue weighted by atomic mass is 10.2. The molecule has 20 heavy (non-hydrogen) atoms. The van der Waals surface area contributed by atoms with E-state index in [4.69, 9.17) is 20.4 Å². The third-order valence-electron chi connectivity index (χ3n) is 2.88. The number of aliphatic hydroxyl groups excluding tert-OH is 1. The van der Waals surface area contributed by atoms with Crippen molar-refractivity contribution < 1.29 is 19.4 Å². The van der Waals surface area contributed by atoms with Gasteiger partial charge in [0.05, 0.1) is 20.3 Å². The maximum absolute atomic E-state index is 10.9. The van der Waals surface area contributed by atoms with Gasteiger partial charge >= 0.3 is 0 Å². The molecule has 0 spiro atoms. The number of benzene rings is 1. The van der Waals surface area contributed by atoms with Crippen molar-refractivity contribution in [1.29, 1.82) is 0 Å². The molecule has 0 fully saturated rings. The summed E-state index contributed by atoms with van der Waals surface area (Å²) in [6.07, 6.45) is 2.96. The number of carbonyl (C=O) groups is 1. The van der Waals surface area contributed by atoms with Gasteiger partial charge in [-0.3, -0.25) is 10.2 Å². The molecule has 6 heteroatoms. The summed E-state index contributed by atoms with van der Waals surface area (Å²) in [7, 11) is 1.56. The highest BCUT2D eigenvalue weighted by molar-refractivity contribution is 5.75. The summed E-state index contributed by atoms with van der Waals surface area (Å²) in [5.74, 6) is 6.11. The van der Waals surface area contributed by atoms with Gasteiger partial charge in [0.1, 0.15) is 0 Å². The van der Waals surface area contributed by atoms with Crippen LogP contribution in [0.15, 0.2) is 18.2 Å². The van der Waals surface area contributed by atoms with Crippen molar-refractivity contribution in [1.82, 2.24) is 5.43 Å². The second-order valence-corrected chi connectivity index (χ2v) is 4.37. The molecule has 0 atom stereocenters. The highest BCUT2D eigenvalue weighted by Gasteiger charge is 2.05. The lowest BCUT2D eigenvalue weighted by Gasteiger charge is -2.11. The molecule has 0 unspecified atom stereocenters. The Labute approximate surface area is 118 Å². The first kappa shape index (κ1) is 16.3. The first-order valence-electron chi connectivity index (χ1n) is 6.61. The maximum Gasteiger partial charge on any atom is 0.233 e. The minimum absolute atomic E-state index is 0.0279. The van der Waals surface area contributed by atoms with E-state index < -0.39 is 0 Å². The molecule has 0 aromatic heterocycles. The SMILES string of the molecule is COc1cc(CO)ccc1OCCCCCC(=O)NN. The monoisotopic (exact) mass is 282 g/mol. The normalized spacial score (nSPS) is 10.2. The van der Waals surface area contributed by atoms with Crippen LogP contribution in [0.5, 0.6) is 11.5 Å². The number of ether oxygens (including phenoxy) is 2. The average Bonchev–Trinajstić information content (AvgIpc) is 2.50. The average molecular weight is 282 g/mol. The number of carbonyl (C=O) groups excluding carboxylic acids is 1. The van der Waals surface area contributed by atoms with Crippen molar-refractivity contribution in [3.05, 3.63) is 23.8 Å². The van der Waals surface area contributed by atoms with E-state index in [0.29, 0.717) is 24.5 Å². The zero-order valence-corrected chi connectivity index (χ0v) is 11.7. The van der Waals surface area contributed by atoms with Gasteiger partial charge in [0, 0.05) is 6.42 Å². The Kier molecular flexibility index (Phi) is 7.46. The van der Waals surface area contributed by atoms with Crippen LogP contribution in [-0.2, 0) is 11.4 Å². The van der Waals surface area contributed by atoms with Gasteiger partial charge in [-0.05, 0) is 37.0 Å². The van der Waals surface area contributed by atoms with Crippen molar-refractivity contribution >= 4 is 5.91 Å². The maximum atomic E-state index is 10.9. The molecule has 0 saturated carbocycles. The molecule has 1 amide bonds. The third-order valence-corrected chi connectivity index (χ3v) is 2.88. The lowest BCUT2D eigenvalue weighted by molar-refractivity contribution is -0.121. The zero-order valence-electron chi connectivity index (χ0n) is 11.7. The fraction of sp³-hybridized carbons (Fsp3) is 0.500. The quantitative estimate of drug-likeness (QED) is 0.273. The second kappa shape index (κ2) is 9.17. The summed E-state index contributed by atoms with van der Waals surface area (Å²) in [4.78, 5) is 10.9. The molecular weight excluding hydrogens is 260 g/mol. The van der Waals surface area contributed by atoms with E-state index in [2.05, 4.69) is 5.43 Å². The number of hydrogen-bond acceptors (Lipinski definition) is 5. The topological polar surface area (TPSA) is 93.8 Å². The first-order valence-corrected chi connectivity index (χ1v) is 6.61. The predicted octanol–water partition coefficient (Wildman–Crippen LogP) is 1.12. The Bertz CT molecular complexity index is 424. The number of nitrogens with two attached hydrogens (primary N) is 1. The van der Waals surface area contributed by atoms with Gasteiger partial charge in [-0.25, -0.2) is 5.84 Å². The second-order valence-electron chi connectivity index (χ2n) is 4.37. The third kappa shape index (κ3) is 5.46.